The van der Waals surface area contributed by atoms with Crippen molar-refractivity contribution in [2.24, 2.45) is 0 Å². The second-order valence-corrected chi connectivity index (χ2v) is 4.90. The molecule has 0 aliphatic heterocycles. The first-order chi connectivity index (χ1) is 8.54. The van der Waals surface area contributed by atoms with E-state index >= 15 is 0 Å². The number of aryl methyl sites for hydroxylation is 1. The minimum absolute atomic E-state index is 0.00737. The molecule has 1 N–H and O–H groups in total. The Morgan fingerprint density at radius 1 is 1.33 bits per heavy atom. The smallest absolute Gasteiger partial charge is 0.161 e. The maximum absolute atomic E-state index is 13.7. The van der Waals surface area contributed by atoms with Gasteiger partial charge in [0.25, 0.3) is 0 Å². The molecule has 0 aliphatic carbocycles. The van der Waals surface area contributed by atoms with Crippen LogP contribution in [0.15, 0.2) is 12.1 Å². The Labute approximate surface area is 115 Å². The summed E-state index contributed by atoms with van der Waals surface area (Å²) in [4.78, 5) is 4.33. The van der Waals surface area contributed by atoms with Crippen LogP contribution in [0.1, 0.15) is 19.0 Å². The lowest BCUT2D eigenvalue weighted by molar-refractivity contribution is 0.630. The number of nitrogens with zero attached hydrogens (tertiary/aromatic N) is 1. The van der Waals surface area contributed by atoms with Gasteiger partial charge in [-0.2, -0.15) is 0 Å². The van der Waals surface area contributed by atoms with E-state index in [1.165, 1.54) is 6.07 Å². The molecule has 0 bridgehead atoms. The summed E-state index contributed by atoms with van der Waals surface area (Å²) in [6.07, 6.45) is 0.969. The Bertz CT molecular complexity index is 599. The van der Waals surface area contributed by atoms with Crippen LogP contribution in [0.3, 0.4) is 0 Å². The summed E-state index contributed by atoms with van der Waals surface area (Å²) < 4.78 is 13.7. The van der Waals surface area contributed by atoms with Crippen molar-refractivity contribution >= 4 is 39.8 Å². The topological polar surface area (TPSA) is 24.9 Å². The van der Waals surface area contributed by atoms with Gasteiger partial charge in [0.15, 0.2) is 5.82 Å². The normalized spacial score (nSPS) is 10.9. The average molecular weight is 287 g/mol. The number of hydrogen-bond acceptors (Lipinski definition) is 2. The molecular weight excluding hydrogens is 274 g/mol. The first-order valence-corrected chi connectivity index (χ1v) is 6.49. The number of nitrogens with one attached hydrogen (secondary N) is 1. The van der Waals surface area contributed by atoms with Crippen molar-refractivity contribution in [2.45, 2.75) is 20.3 Å². The van der Waals surface area contributed by atoms with E-state index in [-0.39, 0.29) is 10.0 Å². The SMILES string of the molecule is CCCNc1cc(C)nc2cc(Cl)c(F)c(Cl)c12. The third-order valence-electron chi connectivity index (χ3n) is 2.63. The molecule has 0 fully saturated rings. The second kappa shape index (κ2) is 5.29. The van der Waals surface area contributed by atoms with Crippen LogP contribution in [0, 0.1) is 12.7 Å². The standard InChI is InChI=1S/C13H13Cl2FN2/c1-3-4-17-9-5-7(2)18-10-6-8(14)13(16)12(15)11(9)10/h5-6H,3-4H2,1-2H3,(H,17,18). The van der Waals surface area contributed by atoms with E-state index in [2.05, 4.69) is 17.2 Å². The van der Waals surface area contributed by atoms with Gasteiger partial charge in [0.1, 0.15) is 0 Å². The number of pyridine rings is 1. The zero-order valence-corrected chi connectivity index (χ0v) is 11.7. The van der Waals surface area contributed by atoms with Crippen LogP contribution in [0.2, 0.25) is 10.0 Å². The number of aromatic nitrogens is 1. The molecule has 96 valence electrons. The van der Waals surface area contributed by atoms with Crippen molar-refractivity contribution in [1.82, 2.24) is 4.98 Å². The van der Waals surface area contributed by atoms with Crippen molar-refractivity contribution in [1.29, 1.82) is 0 Å². The number of halogens is 3. The highest BCUT2D eigenvalue weighted by molar-refractivity contribution is 6.39. The Hall–Kier alpha value is -1.06. The molecule has 0 saturated carbocycles. The number of benzene rings is 1. The third-order valence-corrected chi connectivity index (χ3v) is 3.26. The molecule has 0 aliphatic rings. The Morgan fingerprint density at radius 2 is 2.06 bits per heavy atom. The highest BCUT2D eigenvalue weighted by atomic mass is 35.5. The van der Waals surface area contributed by atoms with Gasteiger partial charge in [-0.3, -0.25) is 4.98 Å². The fourth-order valence-electron chi connectivity index (χ4n) is 1.83. The first-order valence-electron chi connectivity index (χ1n) is 5.73. The van der Waals surface area contributed by atoms with Crippen LogP contribution < -0.4 is 5.32 Å². The molecule has 0 saturated heterocycles. The van der Waals surface area contributed by atoms with E-state index in [0.29, 0.717) is 10.9 Å². The van der Waals surface area contributed by atoms with Crippen molar-refractivity contribution in [3.8, 4) is 0 Å². The lowest BCUT2D eigenvalue weighted by atomic mass is 10.1. The third kappa shape index (κ3) is 2.38. The number of hydrogen-bond donors (Lipinski definition) is 1. The molecule has 1 aromatic carbocycles. The molecule has 2 aromatic rings. The van der Waals surface area contributed by atoms with E-state index in [1.54, 1.807) is 0 Å². The maximum atomic E-state index is 13.7. The predicted molar refractivity (Wildman–Crippen MR) is 75.2 cm³/mol. The van der Waals surface area contributed by atoms with Gasteiger partial charge < -0.3 is 5.32 Å². The second-order valence-electron chi connectivity index (χ2n) is 4.12. The lowest BCUT2D eigenvalue weighted by Crippen LogP contribution is -2.02. The van der Waals surface area contributed by atoms with Crippen LogP contribution in [0.4, 0.5) is 10.1 Å². The summed E-state index contributed by atoms with van der Waals surface area (Å²) in [6.45, 7) is 4.73. The molecule has 2 rings (SSSR count). The minimum atomic E-state index is -0.601. The molecule has 0 spiro atoms. The van der Waals surface area contributed by atoms with Gasteiger partial charge in [-0.25, -0.2) is 4.39 Å². The molecule has 1 heterocycles. The van der Waals surface area contributed by atoms with Gasteiger partial charge in [0.2, 0.25) is 0 Å². The highest BCUT2D eigenvalue weighted by Gasteiger charge is 2.15. The summed E-state index contributed by atoms with van der Waals surface area (Å²) in [5.41, 5.74) is 2.23. The molecule has 1 aromatic heterocycles. The monoisotopic (exact) mass is 286 g/mol. The van der Waals surface area contributed by atoms with Crippen molar-refractivity contribution in [2.75, 3.05) is 11.9 Å². The molecule has 2 nitrogen and oxygen atoms in total. The maximum Gasteiger partial charge on any atom is 0.161 e. The quantitative estimate of drug-likeness (QED) is 0.819. The number of fused-ring (bicyclic) bond motifs is 1. The molecule has 18 heavy (non-hydrogen) atoms. The van der Waals surface area contributed by atoms with E-state index in [9.17, 15) is 4.39 Å². The van der Waals surface area contributed by atoms with Crippen LogP contribution in [0.5, 0.6) is 0 Å². The molecule has 0 amide bonds. The fourth-order valence-corrected chi connectivity index (χ4v) is 2.38. The van der Waals surface area contributed by atoms with Crippen molar-refractivity contribution in [3.05, 3.63) is 33.7 Å². The summed E-state index contributed by atoms with van der Waals surface area (Å²) >= 11 is 11.8. The van der Waals surface area contributed by atoms with Gasteiger partial charge in [-0.05, 0) is 25.5 Å². The van der Waals surface area contributed by atoms with E-state index in [4.69, 9.17) is 23.2 Å². The zero-order valence-electron chi connectivity index (χ0n) is 10.2. The predicted octanol–water partition coefficient (Wildman–Crippen LogP) is 4.81. The summed E-state index contributed by atoms with van der Waals surface area (Å²) in [5.74, 6) is -0.601. The van der Waals surface area contributed by atoms with Gasteiger partial charge >= 0.3 is 0 Å². The lowest BCUT2D eigenvalue weighted by Gasteiger charge is -2.12. The van der Waals surface area contributed by atoms with Gasteiger partial charge in [0.05, 0.1) is 15.6 Å². The van der Waals surface area contributed by atoms with E-state index < -0.39 is 5.82 Å². The Balaban J connectivity index is 2.72. The van der Waals surface area contributed by atoms with Crippen LogP contribution >= 0.6 is 23.2 Å². The largest absolute Gasteiger partial charge is 0.384 e. The summed E-state index contributed by atoms with van der Waals surface area (Å²) in [5, 5.41) is 3.82. The number of rotatable bonds is 3. The van der Waals surface area contributed by atoms with Crippen molar-refractivity contribution < 1.29 is 4.39 Å². The van der Waals surface area contributed by atoms with Crippen LogP contribution in [0.25, 0.3) is 10.9 Å². The Kier molecular flexibility index (Phi) is 3.93. The van der Waals surface area contributed by atoms with E-state index in [0.717, 1.165) is 24.3 Å². The average Bonchev–Trinajstić information content (AvgIpc) is 2.32. The zero-order chi connectivity index (χ0) is 13.3. The molecular formula is C13H13Cl2FN2. The highest BCUT2D eigenvalue weighted by Crippen LogP contribution is 2.35. The minimum Gasteiger partial charge on any atom is -0.384 e. The molecule has 0 radical (unpaired) electrons. The Morgan fingerprint density at radius 3 is 2.72 bits per heavy atom. The number of anilines is 1. The fraction of sp³-hybridized carbons (Fsp3) is 0.308. The van der Waals surface area contributed by atoms with Gasteiger partial charge in [0, 0.05) is 23.3 Å². The van der Waals surface area contributed by atoms with E-state index in [1.807, 2.05) is 13.0 Å². The van der Waals surface area contributed by atoms with Crippen LogP contribution in [-0.4, -0.2) is 11.5 Å². The van der Waals surface area contributed by atoms with Gasteiger partial charge in [-0.15, -0.1) is 0 Å². The molecule has 5 heteroatoms. The van der Waals surface area contributed by atoms with Crippen LogP contribution in [-0.2, 0) is 0 Å². The molecule has 0 unspecified atom stereocenters. The summed E-state index contributed by atoms with van der Waals surface area (Å²) in [6, 6.07) is 3.36. The summed E-state index contributed by atoms with van der Waals surface area (Å²) in [7, 11) is 0. The van der Waals surface area contributed by atoms with Crippen molar-refractivity contribution in [3.63, 3.8) is 0 Å². The van der Waals surface area contributed by atoms with Gasteiger partial charge in [-0.1, -0.05) is 30.1 Å². The molecule has 0 atom stereocenters. The first kappa shape index (κ1) is 13.4.